The quantitative estimate of drug-likeness (QED) is 0.456. The molecular weight excluding hydrogens is 228 g/mol. The van der Waals surface area contributed by atoms with Gasteiger partial charge in [-0.05, 0) is 6.16 Å². The third-order valence-corrected chi connectivity index (χ3v) is 1.84. The van der Waals surface area contributed by atoms with Crippen LogP contribution in [0.5, 0.6) is 0 Å². The van der Waals surface area contributed by atoms with Crippen LogP contribution in [-0.4, -0.2) is 24.6 Å². The van der Waals surface area contributed by atoms with Crippen LogP contribution in [0.2, 0.25) is 0 Å². The topological polar surface area (TPSA) is 54.4 Å². The molecule has 0 heterocycles. The fourth-order valence-electron chi connectivity index (χ4n) is 0.204. The molecule has 0 aromatic rings. The molecule has 13 heavy (non-hydrogen) atoms. The van der Waals surface area contributed by atoms with Gasteiger partial charge in [0, 0.05) is 0 Å². The molecule has 8 heteroatoms. The van der Waals surface area contributed by atoms with Gasteiger partial charge in [0.2, 0.25) is 0 Å². The number of alkyl halides is 3. The number of hydrogen-bond acceptors (Lipinski definition) is 2. The van der Waals surface area contributed by atoms with Crippen LogP contribution in [0, 0.1) is 0 Å². The van der Waals surface area contributed by atoms with E-state index in [4.69, 9.17) is 13.0 Å². The van der Waals surface area contributed by atoms with Gasteiger partial charge in [0.25, 0.3) is 0 Å². The Morgan fingerprint density at radius 2 is 1.69 bits per heavy atom. The summed E-state index contributed by atoms with van der Waals surface area (Å²) < 4.78 is 57.5. The molecule has 0 aromatic carbocycles. The molecule has 3 nitrogen and oxygen atoms in total. The first-order chi connectivity index (χ1) is 5.66. The number of unbranched alkanes of at least 4 members (excludes halogenated alkanes) is 1. The van der Waals surface area contributed by atoms with E-state index in [1.807, 2.05) is 0 Å². The second-order valence-electron chi connectivity index (χ2n) is 2.06. The molecule has 0 radical (unpaired) electrons. The van der Waals surface area contributed by atoms with Crippen molar-refractivity contribution in [2.24, 2.45) is 0 Å². The molecule has 0 amide bonds. The van der Waals surface area contributed by atoms with Crippen molar-refractivity contribution < 1.29 is 26.1 Å². The van der Waals surface area contributed by atoms with Crippen molar-refractivity contribution in [3.8, 4) is 0 Å². The Labute approximate surface area is 77.7 Å². The number of rotatable bonds is 2. The minimum atomic E-state index is -5.84. The third-order valence-electron chi connectivity index (χ3n) is 0.850. The molecule has 1 N–H and O–H groups in total. The predicted molar refractivity (Wildman–Crippen MR) is 47.1 cm³/mol. The molecule has 1 atom stereocenters. The van der Waals surface area contributed by atoms with E-state index >= 15 is 0 Å². The highest BCUT2D eigenvalue weighted by atomic mass is 32.2. The van der Waals surface area contributed by atoms with Gasteiger partial charge in [-0.3, -0.25) is 4.55 Å². The van der Waals surface area contributed by atoms with Crippen LogP contribution >= 0.6 is 9.24 Å². The molecule has 0 rings (SSSR count). The lowest BCUT2D eigenvalue weighted by molar-refractivity contribution is -0.0510. The Kier molecular flexibility index (Phi) is 7.87. The summed E-state index contributed by atoms with van der Waals surface area (Å²) in [4.78, 5) is 0. The maximum absolute atomic E-state index is 10.7. The fourth-order valence-corrected chi connectivity index (χ4v) is 0.612. The average Bonchev–Trinajstić information content (AvgIpc) is 1.85. The zero-order valence-electron chi connectivity index (χ0n) is 7.00. The Hall–Kier alpha value is 0.130. The van der Waals surface area contributed by atoms with Crippen LogP contribution < -0.4 is 0 Å². The minimum Gasteiger partial charge on any atom is -0.279 e. The molecule has 0 bridgehead atoms. The van der Waals surface area contributed by atoms with Crippen molar-refractivity contribution in [1.29, 1.82) is 0 Å². The number of hydrogen-bond donors (Lipinski definition) is 1. The van der Waals surface area contributed by atoms with Crippen molar-refractivity contribution in [2.45, 2.75) is 25.3 Å². The maximum atomic E-state index is 10.7. The normalized spacial score (nSPS) is 11.8. The summed E-state index contributed by atoms with van der Waals surface area (Å²) in [7, 11) is -3.14. The van der Waals surface area contributed by atoms with E-state index in [0.29, 0.717) is 0 Å². The SMILES string of the molecule is CCCCP.O=S(=O)(O)C(F)(F)F. The van der Waals surface area contributed by atoms with Crippen molar-refractivity contribution in [1.82, 2.24) is 0 Å². The molecule has 0 spiro atoms. The van der Waals surface area contributed by atoms with Crippen molar-refractivity contribution in [2.75, 3.05) is 6.16 Å². The molecular formula is C5H12F3O3PS. The molecule has 0 aromatic heterocycles. The van der Waals surface area contributed by atoms with E-state index in [-0.39, 0.29) is 0 Å². The summed E-state index contributed by atoms with van der Waals surface area (Å²) in [5.41, 5.74) is -5.53. The Bertz CT molecular complexity index is 210. The van der Waals surface area contributed by atoms with E-state index in [1.165, 1.54) is 19.0 Å². The lowest BCUT2D eigenvalue weighted by atomic mass is 10.4. The molecule has 82 valence electrons. The van der Waals surface area contributed by atoms with Gasteiger partial charge < -0.3 is 0 Å². The van der Waals surface area contributed by atoms with E-state index in [2.05, 4.69) is 16.2 Å². The summed E-state index contributed by atoms with van der Waals surface area (Å²) in [6.07, 6.45) is 3.94. The van der Waals surface area contributed by atoms with Gasteiger partial charge in [-0.2, -0.15) is 21.6 Å². The standard InChI is InChI=1S/C4H11P.CHF3O3S/c1-2-3-4-5;2-1(3,4)8(5,6)7/h2-5H2,1H3;(H,5,6,7). The predicted octanol–water partition coefficient (Wildman–Crippen LogP) is 2.06. The van der Waals surface area contributed by atoms with Crippen LogP contribution in [0.4, 0.5) is 13.2 Å². The second-order valence-corrected chi connectivity index (χ2v) is 4.05. The minimum absolute atomic E-state index is 1.26. The van der Waals surface area contributed by atoms with Gasteiger partial charge >= 0.3 is 15.6 Å². The van der Waals surface area contributed by atoms with Crippen molar-refractivity contribution >= 4 is 19.4 Å². The van der Waals surface area contributed by atoms with E-state index in [0.717, 1.165) is 0 Å². The van der Waals surface area contributed by atoms with Gasteiger partial charge in [-0.1, -0.05) is 19.8 Å². The Morgan fingerprint density at radius 3 is 1.69 bits per heavy atom. The van der Waals surface area contributed by atoms with E-state index < -0.39 is 15.6 Å². The first-order valence-electron chi connectivity index (χ1n) is 3.40. The summed E-state index contributed by atoms with van der Waals surface area (Å²) >= 11 is 0. The second kappa shape index (κ2) is 6.56. The van der Waals surface area contributed by atoms with Gasteiger partial charge in [0.1, 0.15) is 0 Å². The van der Waals surface area contributed by atoms with E-state index in [9.17, 15) is 13.2 Å². The zero-order valence-corrected chi connectivity index (χ0v) is 8.98. The highest BCUT2D eigenvalue weighted by molar-refractivity contribution is 7.86. The van der Waals surface area contributed by atoms with Crippen LogP contribution in [0.15, 0.2) is 0 Å². The van der Waals surface area contributed by atoms with Crippen LogP contribution in [0.25, 0.3) is 0 Å². The molecule has 0 saturated carbocycles. The Balaban J connectivity index is 0. The lowest BCUT2D eigenvalue weighted by Gasteiger charge is -1.97. The van der Waals surface area contributed by atoms with Crippen LogP contribution in [0.1, 0.15) is 19.8 Å². The first-order valence-corrected chi connectivity index (χ1v) is 5.66. The van der Waals surface area contributed by atoms with Crippen molar-refractivity contribution in [3.05, 3.63) is 0 Å². The van der Waals surface area contributed by atoms with Crippen LogP contribution in [0.3, 0.4) is 0 Å². The number of halogens is 3. The van der Waals surface area contributed by atoms with E-state index in [1.54, 1.807) is 0 Å². The summed E-state index contributed by atoms with van der Waals surface area (Å²) in [5, 5.41) is 0. The highest BCUT2D eigenvalue weighted by Gasteiger charge is 2.44. The third kappa shape index (κ3) is 10.0. The molecule has 0 aliphatic heterocycles. The molecule has 0 fully saturated rings. The Morgan fingerprint density at radius 1 is 1.38 bits per heavy atom. The lowest BCUT2D eigenvalue weighted by Crippen LogP contribution is -2.21. The largest absolute Gasteiger partial charge is 0.522 e. The van der Waals surface area contributed by atoms with Gasteiger partial charge in [0.05, 0.1) is 0 Å². The molecule has 0 aliphatic carbocycles. The first kappa shape index (κ1) is 15.6. The maximum Gasteiger partial charge on any atom is 0.522 e. The summed E-state index contributed by atoms with van der Waals surface area (Å²) in [6.45, 7) is 2.20. The summed E-state index contributed by atoms with van der Waals surface area (Å²) in [5.74, 6) is 0. The molecule has 1 unspecified atom stereocenters. The fraction of sp³-hybridized carbons (Fsp3) is 1.00. The van der Waals surface area contributed by atoms with Crippen LogP contribution in [-0.2, 0) is 10.1 Å². The van der Waals surface area contributed by atoms with Crippen molar-refractivity contribution in [3.63, 3.8) is 0 Å². The highest BCUT2D eigenvalue weighted by Crippen LogP contribution is 2.20. The smallest absolute Gasteiger partial charge is 0.279 e. The van der Waals surface area contributed by atoms with Gasteiger partial charge in [0.15, 0.2) is 0 Å². The zero-order chi connectivity index (χ0) is 11.1. The molecule has 0 aliphatic rings. The van der Waals surface area contributed by atoms with Gasteiger partial charge in [-0.25, -0.2) is 0 Å². The monoisotopic (exact) mass is 240 g/mol. The molecule has 0 saturated heterocycles. The average molecular weight is 240 g/mol. The van der Waals surface area contributed by atoms with Gasteiger partial charge in [-0.15, -0.1) is 9.24 Å². The summed E-state index contributed by atoms with van der Waals surface area (Å²) in [6, 6.07) is 0.